The van der Waals surface area contributed by atoms with E-state index < -0.39 is 23.1 Å². The summed E-state index contributed by atoms with van der Waals surface area (Å²) in [6.07, 6.45) is 5.09. The number of fused-ring (bicyclic) bond motifs is 1. The van der Waals surface area contributed by atoms with E-state index in [2.05, 4.69) is 13.8 Å². The Kier molecular flexibility index (Phi) is 4.55. The Morgan fingerprint density at radius 1 is 1.26 bits per heavy atom. The van der Waals surface area contributed by atoms with Crippen LogP contribution in [0, 0.1) is 16.7 Å². The first kappa shape index (κ1) is 17.9. The molecule has 0 N–H and O–H groups in total. The molecule has 2 aliphatic carbocycles. The lowest BCUT2D eigenvalue weighted by Crippen LogP contribution is -2.65. The van der Waals surface area contributed by atoms with Crippen LogP contribution in [0.3, 0.4) is 0 Å². The molecule has 1 saturated carbocycles. The van der Waals surface area contributed by atoms with E-state index in [1.165, 1.54) is 14.0 Å². The van der Waals surface area contributed by atoms with Gasteiger partial charge in [-0.3, -0.25) is 14.4 Å². The molecule has 0 aliphatic heterocycles. The van der Waals surface area contributed by atoms with E-state index in [4.69, 9.17) is 9.47 Å². The fourth-order valence-electron chi connectivity index (χ4n) is 5.06. The summed E-state index contributed by atoms with van der Waals surface area (Å²) in [4.78, 5) is 35.3. The van der Waals surface area contributed by atoms with E-state index in [9.17, 15) is 14.4 Å². The highest BCUT2D eigenvalue weighted by atomic mass is 16.5. The van der Waals surface area contributed by atoms with Gasteiger partial charge >= 0.3 is 5.97 Å². The molecule has 0 amide bonds. The molecule has 0 aromatic carbocycles. The Morgan fingerprint density at radius 2 is 1.91 bits per heavy atom. The quantitative estimate of drug-likeness (QED) is 0.587. The molecule has 4 atom stereocenters. The van der Waals surface area contributed by atoms with Crippen LogP contribution in [0.25, 0.3) is 0 Å². The first-order valence-corrected chi connectivity index (χ1v) is 8.04. The first-order chi connectivity index (χ1) is 10.7. The smallest absolute Gasteiger partial charge is 0.303 e. The SMILES string of the molecule is CO[C@@]1(C=O)C(C=O)=C[C@@H](OC(C)=O)C2C(C)(C)CCC[C@@]21C. The largest absolute Gasteiger partial charge is 0.458 e. The standard InChI is InChI=1S/C18H26O5/c1-12(21)23-14-9-13(10-19)18(11-20,22-5)17(4)8-6-7-16(2,3)15(14)17/h9-11,14-15H,6-8H2,1-5H3/t14-,15?,17+,18+/m1/s1. The summed E-state index contributed by atoms with van der Waals surface area (Å²) in [5, 5.41) is 0. The second-order valence-corrected chi connectivity index (χ2v) is 7.61. The molecule has 1 unspecified atom stereocenters. The van der Waals surface area contributed by atoms with Gasteiger partial charge in [0, 0.05) is 30.9 Å². The van der Waals surface area contributed by atoms with Gasteiger partial charge in [-0.2, -0.15) is 0 Å². The number of hydrogen-bond acceptors (Lipinski definition) is 5. The van der Waals surface area contributed by atoms with Gasteiger partial charge in [0.2, 0.25) is 0 Å². The van der Waals surface area contributed by atoms with E-state index in [1.807, 2.05) is 6.92 Å². The maximum Gasteiger partial charge on any atom is 0.303 e. The molecule has 128 valence electrons. The zero-order valence-corrected chi connectivity index (χ0v) is 14.5. The Bertz CT molecular complexity index is 550. The number of carbonyl (C=O) groups is 3. The highest BCUT2D eigenvalue weighted by molar-refractivity contribution is 5.88. The highest BCUT2D eigenvalue weighted by Crippen LogP contribution is 2.61. The average molecular weight is 322 g/mol. The topological polar surface area (TPSA) is 69.7 Å². The van der Waals surface area contributed by atoms with Crippen molar-refractivity contribution in [3.8, 4) is 0 Å². The van der Waals surface area contributed by atoms with Crippen LogP contribution in [-0.2, 0) is 23.9 Å². The first-order valence-electron chi connectivity index (χ1n) is 8.04. The molecule has 0 spiro atoms. The minimum absolute atomic E-state index is 0.110. The van der Waals surface area contributed by atoms with E-state index in [0.29, 0.717) is 6.29 Å². The van der Waals surface area contributed by atoms with Crippen molar-refractivity contribution in [2.45, 2.75) is 58.7 Å². The Labute approximate surface area is 137 Å². The lowest BCUT2D eigenvalue weighted by Gasteiger charge is -2.60. The van der Waals surface area contributed by atoms with Crippen LogP contribution in [0.1, 0.15) is 47.0 Å². The molecule has 1 fully saturated rings. The fraction of sp³-hybridized carbons (Fsp3) is 0.722. The zero-order chi connectivity index (χ0) is 17.5. The van der Waals surface area contributed by atoms with Crippen molar-refractivity contribution in [2.24, 2.45) is 16.7 Å². The number of methoxy groups -OCH3 is 1. The third kappa shape index (κ3) is 2.45. The van der Waals surface area contributed by atoms with Crippen molar-refractivity contribution >= 4 is 18.5 Å². The Hall–Kier alpha value is -1.49. The van der Waals surface area contributed by atoms with Gasteiger partial charge in [-0.05, 0) is 24.3 Å². The van der Waals surface area contributed by atoms with Gasteiger partial charge in [-0.1, -0.05) is 27.2 Å². The summed E-state index contributed by atoms with van der Waals surface area (Å²) < 4.78 is 11.2. The Balaban J connectivity index is 2.71. The van der Waals surface area contributed by atoms with Crippen molar-refractivity contribution in [3.05, 3.63) is 11.6 Å². The summed E-state index contributed by atoms with van der Waals surface area (Å²) in [7, 11) is 1.46. The number of carbonyl (C=O) groups excluding carboxylic acids is 3. The summed E-state index contributed by atoms with van der Waals surface area (Å²) in [6.45, 7) is 7.58. The minimum atomic E-state index is -1.30. The van der Waals surface area contributed by atoms with Crippen LogP contribution in [0.4, 0.5) is 0 Å². The second-order valence-electron chi connectivity index (χ2n) is 7.61. The van der Waals surface area contributed by atoms with Gasteiger partial charge in [0.05, 0.1) is 0 Å². The van der Waals surface area contributed by atoms with Crippen molar-refractivity contribution in [1.82, 2.24) is 0 Å². The van der Waals surface area contributed by atoms with Gasteiger partial charge in [-0.15, -0.1) is 0 Å². The molecule has 0 bridgehead atoms. The van der Waals surface area contributed by atoms with Crippen LogP contribution < -0.4 is 0 Å². The summed E-state index contributed by atoms with van der Waals surface area (Å²) in [5.41, 5.74) is -1.81. The van der Waals surface area contributed by atoms with Gasteiger partial charge in [0.25, 0.3) is 0 Å². The molecular weight excluding hydrogens is 296 g/mol. The van der Waals surface area contributed by atoms with Crippen LogP contribution in [0.5, 0.6) is 0 Å². The van der Waals surface area contributed by atoms with Crippen LogP contribution in [0.15, 0.2) is 11.6 Å². The molecule has 2 rings (SSSR count). The third-order valence-corrected chi connectivity index (χ3v) is 5.91. The maximum atomic E-state index is 12.0. The van der Waals surface area contributed by atoms with Crippen LogP contribution in [-0.4, -0.2) is 37.4 Å². The van der Waals surface area contributed by atoms with Gasteiger partial charge < -0.3 is 9.47 Å². The average Bonchev–Trinajstić information content (AvgIpc) is 2.45. The number of rotatable bonds is 4. The van der Waals surface area contributed by atoms with Crippen molar-refractivity contribution < 1.29 is 23.9 Å². The molecule has 0 aromatic rings. The molecule has 23 heavy (non-hydrogen) atoms. The lowest BCUT2D eigenvalue weighted by atomic mass is 9.46. The number of esters is 1. The molecule has 2 aliphatic rings. The maximum absolute atomic E-state index is 12.0. The lowest BCUT2D eigenvalue weighted by molar-refractivity contribution is -0.192. The number of ether oxygens (including phenoxy) is 2. The number of hydrogen-bond donors (Lipinski definition) is 0. The molecule has 0 aromatic heterocycles. The van der Waals surface area contributed by atoms with E-state index in [1.54, 1.807) is 6.08 Å². The number of aldehydes is 2. The molecule has 5 heteroatoms. The molecule has 5 nitrogen and oxygen atoms in total. The van der Waals surface area contributed by atoms with Crippen molar-refractivity contribution in [3.63, 3.8) is 0 Å². The third-order valence-electron chi connectivity index (χ3n) is 5.91. The zero-order valence-electron chi connectivity index (χ0n) is 14.5. The van der Waals surface area contributed by atoms with Crippen molar-refractivity contribution in [2.75, 3.05) is 7.11 Å². The summed E-state index contributed by atoms with van der Waals surface area (Å²) in [6, 6.07) is 0. The van der Waals surface area contributed by atoms with Gasteiger partial charge in [0.15, 0.2) is 11.9 Å². The van der Waals surface area contributed by atoms with Gasteiger partial charge in [0.1, 0.15) is 12.4 Å². The van der Waals surface area contributed by atoms with Crippen molar-refractivity contribution in [1.29, 1.82) is 0 Å². The van der Waals surface area contributed by atoms with Crippen LogP contribution >= 0.6 is 0 Å². The van der Waals surface area contributed by atoms with Gasteiger partial charge in [-0.25, -0.2) is 0 Å². The molecule has 0 heterocycles. The predicted molar refractivity (Wildman–Crippen MR) is 84.7 cm³/mol. The minimum Gasteiger partial charge on any atom is -0.458 e. The summed E-state index contributed by atoms with van der Waals surface area (Å²) in [5.74, 6) is -0.502. The van der Waals surface area contributed by atoms with E-state index in [-0.39, 0.29) is 16.9 Å². The molecule has 0 saturated heterocycles. The molecule has 0 radical (unpaired) electrons. The summed E-state index contributed by atoms with van der Waals surface area (Å²) >= 11 is 0. The van der Waals surface area contributed by atoms with Crippen LogP contribution in [0.2, 0.25) is 0 Å². The monoisotopic (exact) mass is 322 g/mol. The van der Waals surface area contributed by atoms with E-state index >= 15 is 0 Å². The fourth-order valence-corrected chi connectivity index (χ4v) is 5.06. The Morgan fingerprint density at radius 3 is 2.39 bits per heavy atom. The highest BCUT2D eigenvalue weighted by Gasteiger charge is 2.65. The molecular formula is C18H26O5. The predicted octanol–water partition coefficient (Wildman–Crippen LogP) is 2.47. The normalized spacial score (nSPS) is 38.9. The van der Waals surface area contributed by atoms with E-state index in [0.717, 1.165) is 25.5 Å². The second kappa shape index (κ2) is 5.86.